The molecule has 1 saturated heterocycles. The highest BCUT2D eigenvalue weighted by Crippen LogP contribution is 2.27. The van der Waals surface area contributed by atoms with Crippen LogP contribution in [0.4, 0.5) is 0 Å². The Morgan fingerprint density at radius 3 is 2.67 bits per heavy atom. The standard InChI is InChI=1S/C15H17N3O2.ClH/c1-10-14(17-9-20-10)15(19)18-7-12(13(16)8-18)11-5-3-2-4-6-11;/h2-6,9,12-13H,7-8,16H2,1H3;1H/t12-,13+;/m0./s1. The lowest BCUT2D eigenvalue weighted by molar-refractivity contribution is 0.0782. The Labute approximate surface area is 129 Å². The van der Waals surface area contributed by atoms with Crippen molar-refractivity contribution in [2.24, 2.45) is 5.73 Å². The number of amides is 1. The van der Waals surface area contributed by atoms with Crippen LogP contribution in [-0.4, -0.2) is 34.9 Å². The Balaban J connectivity index is 0.00000161. The number of aromatic nitrogens is 1. The molecule has 2 atom stereocenters. The van der Waals surface area contributed by atoms with Crippen LogP contribution in [0.25, 0.3) is 0 Å². The van der Waals surface area contributed by atoms with E-state index in [1.807, 2.05) is 18.2 Å². The topological polar surface area (TPSA) is 72.4 Å². The number of likely N-dealkylation sites (tertiary alicyclic amines) is 1. The van der Waals surface area contributed by atoms with Gasteiger partial charge in [-0.25, -0.2) is 4.98 Å². The minimum absolute atomic E-state index is 0. The number of carbonyl (C=O) groups excluding carboxylic acids is 1. The van der Waals surface area contributed by atoms with Crippen LogP contribution in [0.2, 0.25) is 0 Å². The Hall–Kier alpha value is -1.85. The summed E-state index contributed by atoms with van der Waals surface area (Å²) in [6, 6.07) is 10.0. The third kappa shape index (κ3) is 2.94. The van der Waals surface area contributed by atoms with Crippen LogP contribution < -0.4 is 5.73 Å². The van der Waals surface area contributed by atoms with Gasteiger partial charge in [0.1, 0.15) is 5.76 Å². The minimum Gasteiger partial charge on any atom is -0.448 e. The van der Waals surface area contributed by atoms with Gasteiger partial charge in [-0.2, -0.15) is 0 Å². The van der Waals surface area contributed by atoms with Gasteiger partial charge in [0.05, 0.1) is 0 Å². The van der Waals surface area contributed by atoms with Crippen LogP contribution in [0, 0.1) is 6.92 Å². The van der Waals surface area contributed by atoms with Gasteiger partial charge >= 0.3 is 0 Å². The molecule has 1 fully saturated rings. The van der Waals surface area contributed by atoms with E-state index in [4.69, 9.17) is 10.2 Å². The number of hydrogen-bond acceptors (Lipinski definition) is 4. The summed E-state index contributed by atoms with van der Waals surface area (Å²) in [5.41, 5.74) is 7.75. The molecule has 1 amide bonds. The molecule has 0 radical (unpaired) electrons. The van der Waals surface area contributed by atoms with Crippen molar-refractivity contribution in [3.8, 4) is 0 Å². The van der Waals surface area contributed by atoms with Gasteiger partial charge in [0.2, 0.25) is 0 Å². The molecule has 1 aliphatic rings. The van der Waals surface area contributed by atoms with Crippen molar-refractivity contribution in [2.45, 2.75) is 18.9 Å². The molecule has 2 aromatic rings. The van der Waals surface area contributed by atoms with Gasteiger partial charge < -0.3 is 15.1 Å². The van der Waals surface area contributed by atoms with Gasteiger partial charge in [-0.1, -0.05) is 30.3 Å². The van der Waals surface area contributed by atoms with Gasteiger partial charge in [-0.05, 0) is 12.5 Å². The van der Waals surface area contributed by atoms with Gasteiger partial charge in [-0.3, -0.25) is 4.79 Å². The monoisotopic (exact) mass is 307 g/mol. The fourth-order valence-electron chi connectivity index (χ4n) is 2.71. The largest absolute Gasteiger partial charge is 0.448 e. The second-order valence-electron chi connectivity index (χ2n) is 5.15. The summed E-state index contributed by atoms with van der Waals surface area (Å²) < 4.78 is 5.09. The summed E-state index contributed by atoms with van der Waals surface area (Å²) in [5.74, 6) is 0.615. The van der Waals surface area contributed by atoms with E-state index in [2.05, 4.69) is 17.1 Å². The fraction of sp³-hybridized carbons (Fsp3) is 0.333. The molecule has 1 aromatic heterocycles. The normalized spacial score (nSPS) is 21.1. The molecular formula is C15H18ClN3O2. The van der Waals surface area contributed by atoms with Crippen LogP contribution in [-0.2, 0) is 0 Å². The number of oxazole rings is 1. The molecule has 2 heterocycles. The summed E-state index contributed by atoms with van der Waals surface area (Å²) in [4.78, 5) is 18.1. The predicted molar refractivity (Wildman–Crippen MR) is 81.5 cm³/mol. The van der Waals surface area contributed by atoms with E-state index in [9.17, 15) is 4.79 Å². The number of hydrogen-bond donors (Lipinski definition) is 1. The zero-order valence-corrected chi connectivity index (χ0v) is 12.5. The third-order valence-electron chi connectivity index (χ3n) is 3.83. The zero-order valence-electron chi connectivity index (χ0n) is 11.7. The second-order valence-corrected chi connectivity index (χ2v) is 5.15. The number of benzene rings is 1. The van der Waals surface area contributed by atoms with Crippen LogP contribution in [0.3, 0.4) is 0 Å². The third-order valence-corrected chi connectivity index (χ3v) is 3.83. The highest BCUT2D eigenvalue weighted by molar-refractivity contribution is 5.93. The van der Waals surface area contributed by atoms with Crippen molar-refractivity contribution in [3.05, 3.63) is 53.7 Å². The molecule has 0 saturated carbocycles. The van der Waals surface area contributed by atoms with Crippen LogP contribution in [0.5, 0.6) is 0 Å². The number of nitrogens with two attached hydrogens (primary N) is 1. The molecule has 21 heavy (non-hydrogen) atoms. The van der Waals surface area contributed by atoms with Crippen LogP contribution >= 0.6 is 12.4 Å². The number of carbonyl (C=O) groups is 1. The molecule has 0 aliphatic carbocycles. The summed E-state index contributed by atoms with van der Waals surface area (Å²) in [7, 11) is 0. The highest BCUT2D eigenvalue weighted by Gasteiger charge is 2.35. The van der Waals surface area contributed by atoms with E-state index < -0.39 is 0 Å². The van der Waals surface area contributed by atoms with E-state index >= 15 is 0 Å². The average molecular weight is 308 g/mol. The molecule has 1 aromatic carbocycles. The molecule has 6 heteroatoms. The van der Waals surface area contributed by atoms with Gasteiger partial charge in [0.25, 0.3) is 5.91 Å². The van der Waals surface area contributed by atoms with Crippen molar-refractivity contribution in [3.63, 3.8) is 0 Å². The first kappa shape index (κ1) is 15.5. The van der Waals surface area contributed by atoms with E-state index in [-0.39, 0.29) is 30.3 Å². The van der Waals surface area contributed by atoms with Crippen LogP contribution in [0.1, 0.15) is 27.7 Å². The maximum absolute atomic E-state index is 12.4. The van der Waals surface area contributed by atoms with Crippen molar-refractivity contribution in [1.29, 1.82) is 0 Å². The summed E-state index contributed by atoms with van der Waals surface area (Å²) in [6.07, 6.45) is 1.30. The van der Waals surface area contributed by atoms with E-state index in [1.54, 1.807) is 11.8 Å². The van der Waals surface area contributed by atoms with E-state index in [1.165, 1.54) is 12.0 Å². The summed E-state index contributed by atoms with van der Waals surface area (Å²) in [5, 5.41) is 0. The van der Waals surface area contributed by atoms with Gasteiger partial charge in [0.15, 0.2) is 12.1 Å². The maximum Gasteiger partial charge on any atom is 0.276 e. The number of rotatable bonds is 2. The predicted octanol–water partition coefficient (Wildman–Crippen LogP) is 1.97. The number of halogens is 1. The minimum atomic E-state index is -0.106. The Kier molecular flexibility index (Phi) is 4.65. The summed E-state index contributed by atoms with van der Waals surface area (Å²) in [6.45, 7) is 2.91. The molecule has 5 nitrogen and oxygen atoms in total. The lowest BCUT2D eigenvalue weighted by Crippen LogP contribution is -2.32. The molecule has 2 N–H and O–H groups in total. The van der Waals surface area contributed by atoms with Crippen molar-refractivity contribution >= 4 is 18.3 Å². The van der Waals surface area contributed by atoms with Crippen molar-refractivity contribution in [1.82, 2.24) is 9.88 Å². The average Bonchev–Trinajstić information content (AvgIpc) is 3.05. The summed E-state index contributed by atoms with van der Waals surface area (Å²) >= 11 is 0. The van der Waals surface area contributed by atoms with Gasteiger partial charge in [0, 0.05) is 25.0 Å². The molecule has 0 unspecified atom stereocenters. The molecule has 0 bridgehead atoms. The lowest BCUT2D eigenvalue weighted by atomic mass is 9.95. The smallest absolute Gasteiger partial charge is 0.276 e. The zero-order chi connectivity index (χ0) is 14.1. The van der Waals surface area contributed by atoms with E-state index in [0.717, 1.165) is 0 Å². The van der Waals surface area contributed by atoms with Crippen LogP contribution in [0.15, 0.2) is 41.1 Å². The molecule has 112 valence electrons. The number of aryl methyl sites for hydroxylation is 1. The molecule has 1 aliphatic heterocycles. The first-order chi connectivity index (χ1) is 9.66. The Bertz CT molecular complexity index is 614. The maximum atomic E-state index is 12.4. The van der Waals surface area contributed by atoms with E-state index in [0.29, 0.717) is 24.5 Å². The fourth-order valence-corrected chi connectivity index (χ4v) is 2.71. The first-order valence-corrected chi connectivity index (χ1v) is 6.66. The molecule has 3 rings (SSSR count). The first-order valence-electron chi connectivity index (χ1n) is 6.66. The molecule has 0 spiro atoms. The SMILES string of the molecule is Cc1ocnc1C(=O)N1C[C@@H](N)[C@H](c2ccccc2)C1.Cl. The van der Waals surface area contributed by atoms with Crippen molar-refractivity contribution in [2.75, 3.05) is 13.1 Å². The Morgan fingerprint density at radius 1 is 1.33 bits per heavy atom. The lowest BCUT2D eigenvalue weighted by Gasteiger charge is -2.15. The van der Waals surface area contributed by atoms with Crippen molar-refractivity contribution < 1.29 is 9.21 Å². The Morgan fingerprint density at radius 2 is 2.05 bits per heavy atom. The van der Waals surface area contributed by atoms with Gasteiger partial charge in [-0.15, -0.1) is 12.4 Å². The molecular weight excluding hydrogens is 290 g/mol. The highest BCUT2D eigenvalue weighted by atomic mass is 35.5. The second kappa shape index (κ2) is 6.28. The number of nitrogens with zero attached hydrogens (tertiary/aromatic N) is 2. The quantitative estimate of drug-likeness (QED) is 0.920.